The molecule has 0 unspecified atom stereocenters. The summed E-state index contributed by atoms with van der Waals surface area (Å²) < 4.78 is 10.5. The molecule has 0 aliphatic rings. The van der Waals surface area contributed by atoms with Gasteiger partial charge in [-0.15, -0.1) is 0 Å². The number of aliphatic hydroxyl groups is 1. The van der Waals surface area contributed by atoms with Crippen LogP contribution in [0.5, 0.6) is 0 Å². The van der Waals surface area contributed by atoms with Crippen LogP contribution in [0.3, 0.4) is 0 Å². The van der Waals surface area contributed by atoms with Crippen LogP contribution >= 0.6 is 0 Å². The molecule has 3 atom stereocenters. The minimum Gasteiger partial charge on any atom is -0.518 e. The van der Waals surface area contributed by atoms with Crippen LogP contribution < -0.4 is 10.6 Å². The number of esters is 1. The van der Waals surface area contributed by atoms with Crippen molar-refractivity contribution < 1.29 is 33.7 Å². The summed E-state index contributed by atoms with van der Waals surface area (Å²) in [4.78, 5) is 57.1. The Balaban J connectivity index is 2.31. The van der Waals surface area contributed by atoms with E-state index in [1.54, 1.807) is 33.0 Å². The second-order valence-corrected chi connectivity index (χ2v) is 10.7. The van der Waals surface area contributed by atoms with E-state index in [1.807, 2.05) is 44.2 Å². The van der Waals surface area contributed by atoms with Gasteiger partial charge in [-0.2, -0.15) is 0 Å². The highest BCUT2D eigenvalue weighted by Crippen LogP contribution is 2.17. The number of aromatic nitrogens is 1. The summed E-state index contributed by atoms with van der Waals surface area (Å²) in [6, 6.07) is 13.0. The Bertz CT molecular complexity index is 1180. The number of likely N-dealkylation sites (N-methyl/N-ethyl adjacent to an activating group) is 1. The van der Waals surface area contributed by atoms with E-state index in [4.69, 9.17) is 9.39 Å². The van der Waals surface area contributed by atoms with Crippen LogP contribution in [0.1, 0.15) is 51.5 Å². The predicted octanol–water partition coefficient (Wildman–Crippen LogP) is 2.09. The largest absolute Gasteiger partial charge is 0.518 e. The van der Waals surface area contributed by atoms with Crippen LogP contribution in [-0.2, 0) is 23.8 Å². The summed E-state index contributed by atoms with van der Waals surface area (Å²) >= 11 is 0. The number of hydrogen-bond donors (Lipinski definition) is 3. The number of pyridine rings is 1. The molecule has 1 heterocycles. The SMILES string of the molecule is COC(=O)CN(C)B(OC(=O)C(C)C)[C@H](CC(C)C)NC(=O)[C@@H](NC(=O)c1cccc(-c2ccccc2)n1)[C@@H](C)O. The van der Waals surface area contributed by atoms with Gasteiger partial charge in [0.05, 0.1) is 31.4 Å². The first-order chi connectivity index (χ1) is 19.3. The van der Waals surface area contributed by atoms with Crippen molar-refractivity contribution in [1.82, 2.24) is 20.4 Å². The van der Waals surface area contributed by atoms with Crippen molar-refractivity contribution in [1.29, 1.82) is 0 Å². The minimum absolute atomic E-state index is 0.0524. The fourth-order valence-corrected chi connectivity index (χ4v) is 4.07. The number of methoxy groups -OCH3 is 1. The van der Waals surface area contributed by atoms with E-state index in [-0.39, 0.29) is 18.2 Å². The summed E-state index contributed by atoms with van der Waals surface area (Å²) in [6.45, 7) is 8.40. The average Bonchev–Trinajstić information content (AvgIpc) is 2.93. The van der Waals surface area contributed by atoms with Crippen molar-refractivity contribution >= 4 is 30.8 Å². The lowest BCUT2D eigenvalue weighted by Gasteiger charge is -2.33. The third-order valence-corrected chi connectivity index (χ3v) is 6.25. The fraction of sp³-hybridized carbons (Fsp3) is 0.483. The number of rotatable bonds is 14. The van der Waals surface area contributed by atoms with E-state index >= 15 is 0 Å². The molecule has 3 N–H and O–H groups in total. The number of nitrogens with one attached hydrogen (secondary N) is 2. The first kappa shape index (κ1) is 33.4. The van der Waals surface area contributed by atoms with E-state index < -0.39 is 54.8 Å². The zero-order chi connectivity index (χ0) is 30.7. The highest BCUT2D eigenvalue weighted by molar-refractivity contribution is 6.53. The van der Waals surface area contributed by atoms with Gasteiger partial charge in [0.25, 0.3) is 11.9 Å². The van der Waals surface area contributed by atoms with E-state index in [2.05, 4.69) is 15.6 Å². The van der Waals surface area contributed by atoms with Gasteiger partial charge in [-0.3, -0.25) is 24.0 Å². The van der Waals surface area contributed by atoms with Crippen LogP contribution in [0.2, 0.25) is 0 Å². The number of nitrogens with zero attached hydrogens (tertiary/aromatic N) is 2. The number of carbonyl (C=O) groups is 4. The lowest BCUT2D eigenvalue weighted by atomic mass is 9.67. The maximum Gasteiger partial charge on any atom is 0.475 e. The molecule has 0 spiro atoms. The normalized spacial score (nSPS) is 13.3. The van der Waals surface area contributed by atoms with Gasteiger partial charge < -0.3 is 25.1 Å². The van der Waals surface area contributed by atoms with E-state index in [9.17, 15) is 24.3 Å². The standard InChI is InChI=1S/C29H41BN4O7/c1-18(2)16-24(30(41-29(39)19(3)4)34(6)17-25(36)40-7)32-28(38)26(20(5)35)33-27(37)23-15-11-14-22(31-23)21-12-9-8-10-13-21/h8-15,18-20,24,26,35H,16-17H2,1-7H3,(H,32,38)(H,33,37)/t20-,24+,26+/m1/s1. The van der Waals surface area contributed by atoms with Crippen LogP contribution in [-0.4, -0.2) is 84.5 Å². The van der Waals surface area contributed by atoms with Crippen LogP contribution in [0, 0.1) is 11.8 Å². The van der Waals surface area contributed by atoms with Gasteiger partial charge in [-0.1, -0.05) is 64.1 Å². The smallest absolute Gasteiger partial charge is 0.475 e. The Kier molecular flexibility index (Phi) is 12.9. The molecule has 2 rings (SSSR count). The van der Waals surface area contributed by atoms with Crippen LogP contribution in [0.15, 0.2) is 48.5 Å². The van der Waals surface area contributed by atoms with Crippen LogP contribution in [0.4, 0.5) is 0 Å². The molecule has 0 bridgehead atoms. The van der Waals surface area contributed by atoms with E-state index in [1.165, 1.54) is 24.9 Å². The second-order valence-electron chi connectivity index (χ2n) is 10.7. The molecule has 0 aliphatic carbocycles. The Hall–Kier alpha value is -3.77. The zero-order valence-electron chi connectivity index (χ0n) is 24.8. The highest BCUT2D eigenvalue weighted by atomic mass is 16.5. The molecule has 2 amide bonds. The fourth-order valence-electron chi connectivity index (χ4n) is 4.07. The Morgan fingerprint density at radius 3 is 2.20 bits per heavy atom. The van der Waals surface area contributed by atoms with Crippen molar-refractivity contribution in [2.24, 2.45) is 11.8 Å². The summed E-state index contributed by atoms with van der Waals surface area (Å²) in [7, 11) is 1.80. The molecular weight excluding hydrogens is 527 g/mol. The molecule has 222 valence electrons. The minimum atomic E-state index is -1.34. The number of carbonyl (C=O) groups excluding carboxylic acids is 4. The van der Waals surface area contributed by atoms with Gasteiger partial charge in [-0.25, -0.2) is 4.98 Å². The molecule has 0 radical (unpaired) electrons. The molecular formula is C29H41BN4O7. The topological polar surface area (TPSA) is 147 Å². The van der Waals surface area contributed by atoms with Gasteiger partial charge in [0.2, 0.25) is 5.91 Å². The highest BCUT2D eigenvalue weighted by Gasteiger charge is 2.40. The molecule has 1 aromatic heterocycles. The summed E-state index contributed by atoms with van der Waals surface area (Å²) in [5.74, 6) is -3.58. The molecule has 41 heavy (non-hydrogen) atoms. The maximum absolute atomic E-state index is 13.5. The molecule has 11 nitrogen and oxygen atoms in total. The maximum atomic E-state index is 13.5. The lowest BCUT2D eigenvalue weighted by Crippen LogP contribution is -2.62. The first-order valence-electron chi connectivity index (χ1n) is 13.6. The van der Waals surface area contributed by atoms with Crippen molar-refractivity contribution in [2.45, 2.75) is 59.1 Å². The third kappa shape index (κ3) is 10.3. The predicted molar refractivity (Wildman–Crippen MR) is 155 cm³/mol. The molecule has 0 saturated carbocycles. The quantitative estimate of drug-likeness (QED) is 0.230. The van der Waals surface area contributed by atoms with E-state index in [0.717, 1.165) is 5.56 Å². The second kappa shape index (κ2) is 15.9. The third-order valence-electron chi connectivity index (χ3n) is 6.25. The first-order valence-corrected chi connectivity index (χ1v) is 13.6. The van der Waals surface area contributed by atoms with Crippen molar-refractivity contribution in [3.8, 4) is 11.3 Å². The van der Waals surface area contributed by atoms with Crippen molar-refractivity contribution in [3.05, 3.63) is 54.2 Å². The number of benzene rings is 1. The van der Waals surface area contributed by atoms with E-state index in [0.29, 0.717) is 12.1 Å². The number of aliphatic hydroxyl groups excluding tert-OH is 1. The number of ether oxygens (including phenoxy) is 1. The van der Waals surface area contributed by atoms with Gasteiger partial charge in [0, 0.05) is 11.5 Å². The van der Waals surface area contributed by atoms with Crippen molar-refractivity contribution in [3.63, 3.8) is 0 Å². The summed E-state index contributed by atoms with van der Waals surface area (Å²) in [5.41, 5.74) is 1.48. The van der Waals surface area contributed by atoms with Gasteiger partial charge in [0.15, 0.2) is 0 Å². The van der Waals surface area contributed by atoms with Gasteiger partial charge in [0.1, 0.15) is 11.7 Å². The molecule has 12 heteroatoms. The molecule has 1 aromatic carbocycles. The Morgan fingerprint density at radius 1 is 0.976 bits per heavy atom. The zero-order valence-corrected chi connectivity index (χ0v) is 24.8. The van der Waals surface area contributed by atoms with Gasteiger partial charge >= 0.3 is 13.0 Å². The molecule has 0 fully saturated rings. The molecule has 0 aliphatic heterocycles. The van der Waals surface area contributed by atoms with Gasteiger partial charge in [-0.05, 0) is 38.4 Å². The van der Waals surface area contributed by atoms with Crippen LogP contribution in [0.25, 0.3) is 11.3 Å². The Morgan fingerprint density at radius 2 is 1.63 bits per heavy atom. The number of hydrogen-bond acceptors (Lipinski definition) is 9. The summed E-state index contributed by atoms with van der Waals surface area (Å²) in [5, 5.41) is 15.9. The number of amides is 2. The molecule has 0 saturated heterocycles. The van der Waals surface area contributed by atoms with Crippen molar-refractivity contribution in [2.75, 3.05) is 20.7 Å². The summed E-state index contributed by atoms with van der Waals surface area (Å²) in [6.07, 6.45) is -0.894. The lowest BCUT2D eigenvalue weighted by molar-refractivity contribution is -0.143. The average molecular weight is 568 g/mol. The monoisotopic (exact) mass is 568 g/mol. The molecule has 2 aromatic rings. The Labute approximate surface area is 242 Å².